The number of hydrogen-bond acceptors (Lipinski definition) is 8. The highest BCUT2D eigenvalue weighted by molar-refractivity contribution is 6.07. The van der Waals surface area contributed by atoms with Crippen LogP contribution in [0.1, 0.15) is 82.8 Å². The molecular formula is C31H40O8. The van der Waals surface area contributed by atoms with Gasteiger partial charge in [0.15, 0.2) is 5.78 Å². The quantitative estimate of drug-likeness (QED) is 0.137. The third kappa shape index (κ3) is 9.46. The fourth-order valence-electron chi connectivity index (χ4n) is 3.19. The third-order valence-electron chi connectivity index (χ3n) is 5.58. The molecule has 0 aliphatic rings. The lowest BCUT2D eigenvalue weighted by atomic mass is 9.97. The van der Waals surface area contributed by atoms with Crippen molar-refractivity contribution in [2.24, 2.45) is 10.8 Å². The molecule has 0 bridgehead atoms. The van der Waals surface area contributed by atoms with Crippen molar-refractivity contribution in [3.8, 4) is 17.2 Å². The molecule has 0 radical (unpaired) electrons. The standard InChI is InChI=1S/C31H40O8/c1-20(2)24-16-22(26(35-9)17-27(24)37-19-39-29(34)31(6,7)8)12-15-25(32)21-10-13-23(14-11-21)36-18-38-28(33)30(3,4)5/h10-17,20H,18-19H2,1-9H3. The average Bonchev–Trinajstić information content (AvgIpc) is 2.86. The van der Waals surface area contributed by atoms with Crippen LogP contribution in [0.2, 0.25) is 0 Å². The molecule has 0 saturated heterocycles. The monoisotopic (exact) mass is 540 g/mol. The maximum Gasteiger partial charge on any atom is 0.314 e. The molecule has 2 aromatic carbocycles. The first-order chi connectivity index (χ1) is 18.1. The predicted molar refractivity (Wildman–Crippen MR) is 149 cm³/mol. The van der Waals surface area contributed by atoms with E-state index in [4.69, 9.17) is 23.7 Å². The number of ketones is 1. The van der Waals surface area contributed by atoms with Crippen molar-refractivity contribution in [1.29, 1.82) is 0 Å². The molecule has 0 N–H and O–H groups in total. The molecule has 0 spiro atoms. The van der Waals surface area contributed by atoms with E-state index < -0.39 is 10.8 Å². The summed E-state index contributed by atoms with van der Waals surface area (Å²) in [4.78, 5) is 36.7. The van der Waals surface area contributed by atoms with Crippen LogP contribution in [0.4, 0.5) is 0 Å². The van der Waals surface area contributed by atoms with Crippen molar-refractivity contribution in [1.82, 2.24) is 0 Å². The number of rotatable bonds is 11. The van der Waals surface area contributed by atoms with Crippen molar-refractivity contribution in [2.45, 2.75) is 61.3 Å². The number of allylic oxidation sites excluding steroid dienone is 1. The number of carbonyl (C=O) groups is 3. The van der Waals surface area contributed by atoms with Gasteiger partial charge >= 0.3 is 11.9 Å². The highest BCUT2D eigenvalue weighted by Gasteiger charge is 2.24. The SMILES string of the molecule is COc1cc(OCOC(=O)C(C)(C)C)c(C(C)C)cc1C=CC(=O)c1ccc(OCOC(=O)C(C)(C)C)cc1. The van der Waals surface area contributed by atoms with Crippen molar-refractivity contribution in [3.63, 3.8) is 0 Å². The van der Waals surface area contributed by atoms with Gasteiger partial charge in [0.1, 0.15) is 17.2 Å². The zero-order chi connectivity index (χ0) is 29.4. The zero-order valence-corrected chi connectivity index (χ0v) is 24.4. The number of benzene rings is 2. The third-order valence-corrected chi connectivity index (χ3v) is 5.58. The Morgan fingerprint density at radius 1 is 0.795 bits per heavy atom. The molecule has 0 aromatic heterocycles. The number of esters is 2. The summed E-state index contributed by atoms with van der Waals surface area (Å²) < 4.78 is 27.1. The van der Waals surface area contributed by atoms with Gasteiger partial charge in [0.05, 0.1) is 17.9 Å². The van der Waals surface area contributed by atoms with Gasteiger partial charge in [-0.25, -0.2) is 0 Å². The van der Waals surface area contributed by atoms with Gasteiger partial charge in [-0.1, -0.05) is 13.8 Å². The van der Waals surface area contributed by atoms with E-state index in [-0.39, 0.29) is 37.2 Å². The van der Waals surface area contributed by atoms with Gasteiger partial charge in [0.2, 0.25) is 13.6 Å². The molecule has 0 unspecified atom stereocenters. The Bertz CT molecular complexity index is 1180. The summed E-state index contributed by atoms with van der Waals surface area (Å²) in [6.07, 6.45) is 3.15. The van der Waals surface area contributed by atoms with Gasteiger partial charge in [0, 0.05) is 17.2 Å². The van der Waals surface area contributed by atoms with Crippen molar-refractivity contribution in [2.75, 3.05) is 20.7 Å². The fraction of sp³-hybridized carbons (Fsp3) is 0.452. The molecule has 0 aliphatic heterocycles. The van der Waals surface area contributed by atoms with E-state index in [0.29, 0.717) is 28.4 Å². The molecule has 0 atom stereocenters. The van der Waals surface area contributed by atoms with E-state index >= 15 is 0 Å². The molecule has 2 rings (SSSR count). The highest BCUT2D eigenvalue weighted by Crippen LogP contribution is 2.35. The summed E-state index contributed by atoms with van der Waals surface area (Å²) in [6, 6.07) is 10.2. The number of methoxy groups -OCH3 is 1. The molecule has 0 amide bonds. The predicted octanol–water partition coefficient (Wildman–Crippen LogP) is 6.57. The molecule has 0 heterocycles. The van der Waals surface area contributed by atoms with Crippen LogP contribution in [0.25, 0.3) is 6.08 Å². The molecule has 212 valence electrons. The lowest BCUT2D eigenvalue weighted by Crippen LogP contribution is -2.24. The van der Waals surface area contributed by atoms with Crippen LogP contribution in [-0.2, 0) is 19.1 Å². The minimum atomic E-state index is -0.628. The van der Waals surface area contributed by atoms with Crippen LogP contribution in [0.15, 0.2) is 42.5 Å². The van der Waals surface area contributed by atoms with E-state index in [1.165, 1.54) is 13.2 Å². The Balaban J connectivity index is 2.10. The molecule has 0 fully saturated rings. The second kappa shape index (κ2) is 13.3. The molecule has 0 saturated carbocycles. The lowest BCUT2D eigenvalue weighted by molar-refractivity contribution is -0.160. The van der Waals surface area contributed by atoms with Crippen molar-refractivity contribution in [3.05, 3.63) is 59.2 Å². The first-order valence-electron chi connectivity index (χ1n) is 12.8. The second-order valence-electron chi connectivity index (χ2n) is 11.4. The van der Waals surface area contributed by atoms with Crippen LogP contribution in [0.5, 0.6) is 17.2 Å². The largest absolute Gasteiger partial charge is 0.496 e. The van der Waals surface area contributed by atoms with Gasteiger partial charge in [0.25, 0.3) is 0 Å². The summed E-state index contributed by atoms with van der Waals surface area (Å²) in [7, 11) is 1.53. The van der Waals surface area contributed by atoms with E-state index in [0.717, 1.165) is 5.56 Å². The van der Waals surface area contributed by atoms with E-state index in [1.807, 2.05) is 19.9 Å². The Hall–Kier alpha value is -3.81. The maximum atomic E-state index is 12.8. The normalized spacial score (nSPS) is 11.8. The number of carbonyl (C=O) groups excluding carboxylic acids is 3. The van der Waals surface area contributed by atoms with E-state index in [9.17, 15) is 14.4 Å². The second-order valence-corrected chi connectivity index (χ2v) is 11.4. The smallest absolute Gasteiger partial charge is 0.314 e. The number of ether oxygens (including phenoxy) is 5. The van der Waals surface area contributed by atoms with Crippen molar-refractivity contribution < 1.29 is 38.1 Å². The van der Waals surface area contributed by atoms with Gasteiger partial charge in [-0.15, -0.1) is 0 Å². The Kier molecular flexibility index (Phi) is 10.7. The Labute approximate surface area is 231 Å². The first kappa shape index (κ1) is 31.4. The summed E-state index contributed by atoms with van der Waals surface area (Å²) >= 11 is 0. The maximum absolute atomic E-state index is 12.8. The Morgan fingerprint density at radius 2 is 1.33 bits per heavy atom. The summed E-state index contributed by atoms with van der Waals surface area (Å²) in [6.45, 7) is 14.2. The van der Waals surface area contributed by atoms with Crippen LogP contribution in [0.3, 0.4) is 0 Å². The van der Waals surface area contributed by atoms with E-state index in [2.05, 4.69) is 0 Å². The van der Waals surface area contributed by atoms with Gasteiger partial charge in [-0.3, -0.25) is 14.4 Å². The van der Waals surface area contributed by atoms with Crippen LogP contribution in [0, 0.1) is 10.8 Å². The van der Waals surface area contributed by atoms with Gasteiger partial charge < -0.3 is 23.7 Å². The Morgan fingerprint density at radius 3 is 1.82 bits per heavy atom. The zero-order valence-electron chi connectivity index (χ0n) is 24.4. The topological polar surface area (TPSA) is 97.4 Å². The summed E-state index contributed by atoms with van der Waals surface area (Å²) in [5.74, 6) is 0.695. The van der Waals surface area contributed by atoms with Crippen LogP contribution < -0.4 is 14.2 Å². The number of hydrogen-bond donors (Lipinski definition) is 0. The fourth-order valence-corrected chi connectivity index (χ4v) is 3.19. The van der Waals surface area contributed by atoms with Gasteiger partial charge in [-0.2, -0.15) is 0 Å². The molecule has 8 heteroatoms. The van der Waals surface area contributed by atoms with Crippen LogP contribution in [-0.4, -0.2) is 38.4 Å². The molecule has 39 heavy (non-hydrogen) atoms. The summed E-state index contributed by atoms with van der Waals surface area (Å²) in [5, 5.41) is 0. The first-order valence-corrected chi connectivity index (χ1v) is 12.8. The summed E-state index contributed by atoms with van der Waals surface area (Å²) in [5.41, 5.74) is 0.808. The molecule has 2 aromatic rings. The molecule has 0 aliphatic carbocycles. The van der Waals surface area contributed by atoms with Gasteiger partial charge in [-0.05, 0) is 95.5 Å². The molecule has 8 nitrogen and oxygen atoms in total. The highest BCUT2D eigenvalue weighted by atomic mass is 16.7. The van der Waals surface area contributed by atoms with Crippen LogP contribution >= 0.6 is 0 Å². The van der Waals surface area contributed by atoms with E-state index in [1.54, 1.807) is 78.0 Å². The lowest BCUT2D eigenvalue weighted by Gasteiger charge is -2.19. The minimum absolute atomic E-state index is 0.0993. The average molecular weight is 541 g/mol. The molecular weight excluding hydrogens is 500 g/mol. The minimum Gasteiger partial charge on any atom is -0.496 e. The van der Waals surface area contributed by atoms with Crippen molar-refractivity contribution >= 4 is 23.8 Å².